The Balaban J connectivity index is 2.11. The Bertz CT molecular complexity index is 541. The summed E-state index contributed by atoms with van der Waals surface area (Å²) in [5.74, 6) is 1.35. The third-order valence-electron chi connectivity index (χ3n) is 2.93. The third-order valence-corrected chi connectivity index (χ3v) is 3.66. The predicted octanol–water partition coefficient (Wildman–Crippen LogP) is 4.35. The summed E-state index contributed by atoms with van der Waals surface area (Å²) in [4.78, 5) is 4.57. The van der Waals surface area contributed by atoms with Crippen molar-refractivity contribution in [3.8, 4) is 0 Å². The van der Waals surface area contributed by atoms with E-state index in [0.29, 0.717) is 5.88 Å². The molecule has 0 N–H and O–H groups in total. The van der Waals surface area contributed by atoms with Crippen molar-refractivity contribution in [1.29, 1.82) is 0 Å². The lowest BCUT2D eigenvalue weighted by atomic mass is 10.3. The summed E-state index contributed by atoms with van der Waals surface area (Å²) in [5.41, 5.74) is 2.12. The summed E-state index contributed by atoms with van der Waals surface area (Å²) in [5, 5.41) is 0. The number of ether oxygens (including phenoxy) is 1. The van der Waals surface area contributed by atoms with Crippen LogP contribution in [0.5, 0.6) is 0 Å². The Morgan fingerprint density at radius 1 is 1.37 bits per heavy atom. The lowest BCUT2D eigenvalue weighted by Gasteiger charge is -2.08. The van der Waals surface area contributed by atoms with Crippen molar-refractivity contribution in [1.82, 2.24) is 9.55 Å². The number of halogens is 2. The van der Waals surface area contributed by atoms with Gasteiger partial charge in [-0.15, -0.1) is 11.6 Å². The second kappa shape index (κ2) is 7.27. The number of benzene rings is 1. The van der Waals surface area contributed by atoms with Gasteiger partial charge in [0.25, 0.3) is 0 Å². The third kappa shape index (κ3) is 3.71. The van der Waals surface area contributed by atoms with Crippen LogP contribution in [0.25, 0.3) is 11.0 Å². The van der Waals surface area contributed by atoms with Crippen LogP contribution in [-0.4, -0.2) is 22.8 Å². The van der Waals surface area contributed by atoms with Gasteiger partial charge in [0, 0.05) is 24.2 Å². The Morgan fingerprint density at radius 3 is 2.95 bits per heavy atom. The lowest BCUT2D eigenvalue weighted by molar-refractivity contribution is 0.129. The van der Waals surface area contributed by atoms with Crippen LogP contribution in [0.4, 0.5) is 0 Å². The Kier molecular flexibility index (Phi) is 5.67. The molecular weight excluding hydrogens is 328 g/mol. The van der Waals surface area contributed by atoms with Gasteiger partial charge in [0.2, 0.25) is 0 Å². The minimum absolute atomic E-state index is 0.433. The molecule has 0 aliphatic heterocycles. The average molecular weight is 346 g/mol. The van der Waals surface area contributed by atoms with Crippen molar-refractivity contribution in [3.63, 3.8) is 0 Å². The van der Waals surface area contributed by atoms with E-state index in [1.54, 1.807) is 0 Å². The quantitative estimate of drug-likeness (QED) is 0.551. The molecule has 0 aliphatic carbocycles. The van der Waals surface area contributed by atoms with E-state index in [4.69, 9.17) is 16.3 Å². The lowest BCUT2D eigenvalue weighted by Crippen LogP contribution is -2.06. The van der Waals surface area contributed by atoms with Gasteiger partial charge < -0.3 is 9.30 Å². The fourth-order valence-corrected chi connectivity index (χ4v) is 2.63. The summed E-state index contributed by atoms with van der Waals surface area (Å²) in [6.07, 6.45) is 2.04. The number of hydrogen-bond donors (Lipinski definition) is 0. The Morgan fingerprint density at radius 2 is 2.21 bits per heavy atom. The highest BCUT2D eigenvalue weighted by Gasteiger charge is 2.09. The topological polar surface area (TPSA) is 27.1 Å². The van der Waals surface area contributed by atoms with Crippen LogP contribution < -0.4 is 0 Å². The molecule has 2 rings (SSSR count). The normalized spacial score (nSPS) is 11.3. The fraction of sp³-hybridized carbons (Fsp3) is 0.500. The number of aryl methyl sites for hydroxylation is 1. The molecular formula is C14H18BrClN2O. The first kappa shape index (κ1) is 14.8. The number of hydrogen-bond acceptors (Lipinski definition) is 2. The van der Waals surface area contributed by atoms with E-state index in [2.05, 4.69) is 38.5 Å². The van der Waals surface area contributed by atoms with Gasteiger partial charge in [0.15, 0.2) is 0 Å². The van der Waals surface area contributed by atoms with Crippen molar-refractivity contribution < 1.29 is 4.74 Å². The molecule has 0 amide bonds. The smallest absolute Gasteiger partial charge is 0.124 e. The number of nitrogens with zero attached hydrogens (tertiary/aromatic N) is 2. The van der Waals surface area contributed by atoms with E-state index in [9.17, 15) is 0 Å². The Hall–Kier alpha value is -0.580. The summed E-state index contributed by atoms with van der Waals surface area (Å²) in [6, 6.07) is 6.14. The molecule has 0 saturated heterocycles. The van der Waals surface area contributed by atoms with E-state index in [0.717, 1.165) is 53.9 Å². The van der Waals surface area contributed by atoms with Gasteiger partial charge in [0.05, 0.1) is 16.9 Å². The van der Waals surface area contributed by atoms with Crippen LogP contribution in [0.3, 0.4) is 0 Å². The van der Waals surface area contributed by atoms with Crippen LogP contribution in [0, 0.1) is 0 Å². The second-order valence-corrected chi connectivity index (χ2v) is 5.60. The van der Waals surface area contributed by atoms with Crippen LogP contribution in [-0.2, 0) is 17.2 Å². The number of rotatable bonds is 7. The minimum atomic E-state index is 0.433. The zero-order chi connectivity index (χ0) is 13.7. The molecule has 5 heteroatoms. The van der Waals surface area contributed by atoms with Crippen LogP contribution in [0.2, 0.25) is 0 Å². The van der Waals surface area contributed by atoms with Gasteiger partial charge in [-0.1, -0.05) is 22.9 Å². The van der Waals surface area contributed by atoms with Gasteiger partial charge in [-0.05, 0) is 31.0 Å². The summed E-state index contributed by atoms with van der Waals surface area (Å²) in [7, 11) is 0. The highest BCUT2D eigenvalue weighted by molar-refractivity contribution is 9.10. The summed E-state index contributed by atoms with van der Waals surface area (Å²) in [6.45, 7) is 4.63. The average Bonchev–Trinajstić information content (AvgIpc) is 2.75. The standard InChI is InChI=1S/C14H18BrClN2O/c1-2-7-19-8-3-6-18-13-5-4-11(15)9-12(13)17-14(18)10-16/h4-5,9H,2-3,6-8,10H2,1H3. The molecule has 0 atom stereocenters. The molecule has 0 saturated carbocycles. The molecule has 19 heavy (non-hydrogen) atoms. The van der Waals surface area contributed by atoms with Gasteiger partial charge >= 0.3 is 0 Å². The SMILES string of the molecule is CCCOCCCn1c(CCl)nc2cc(Br)ccc21. The van der Waals surface area contributed by atoms with Gasteiger partial charge in [-0.2, -0.15) is 0 Å². The molecule has 1 aromatic heterocycles. The van der Waals surface area contributed by atoms with Crippen molar-refractivity contribution >= 4 is 38.6 Å². The van der Waals surface area contributed by atoms with E-state index in [1.165, 1.54) is 0 Å². The monoisotopic (exact) mass is 344 g/mol. The molecule has 0 aliphatic rings. The zero-order valence-electron chi connectivity index (χ0n) is 11.0. The van der Waals surface area contributed by atoms with Crippen molar-refractivity contribution in [2.45, 2.75) is 32.2 Å². The minimum Gasteiger partial charge on any atom is -0.381 e. The molecule has 0 unspecified atom stereocenters. The maximum Gasteiger partial charge on any atom is 0.124 e. The highest BCUT2D eigenvalue weighted by Crippen LogP contribution is 2.22. The van der Waals surface area contributed by atoms with Gasteiger partial charge in [-0.3, -0.25) is 0 Å². The van der Waals surface area contributed by atoms with Crippen LogP contribution in [0.15, 0.2) is 22.7 Å². The second-order valence-electron chi connectivity index (χ2n) is 4.41. The number of aromatic nitrogens is 2. The fourth-order valence-electron chi connectivity index (χ4n) is 2.08. The van der Waals surface area contributed by atoms with Crippen molar-refractivity contribution in [2.24, 2.45) is 0 Å². The van der Waals surface area contributed by atoms with E-state index < -0.39 is 0 Å². The first-order valence-electron chi connectivity index (χ1n) is 6.54. The maximum absolute atomic E-state index is 5.98. The maximum atomic E-state index is 5.98. The number of alkyl halides is 1. The predicted molar refractivity (Wildman–Crippen MR) is 82.7 cm³/mol. The van der Waals surface area contributed by atoms with Gasteiger partial charge in [-0.25, -0.2) is 4.98 Å². The van der Waals surface area contributed by atoms with Crippen molar-refractivity contribution in [2.75, 3.05) is 13.2 Å². The number of imidazole rings is 1. The zero-order valence-corrected chi connectivity index (χ0v) is 13.4. The molecule has 0 radical (unpaired) electrons. The molecule has 0 spiro atoms. The van der Waals surface area contributed by atoms with Crippen molar-refractivity contribution in [3.05, 3.63) is 28.5 Å². The largest absolute Gasteiger partial charge is 0.381 e. The first-order valence-corrected chi connectivity index (χ1v) is 7.87. The molecule has 0 fully saturated rings. The molecule has 1 heterocycles. The van der Waals surface area contributed by atoms with Crippen LogP contribution in [0.1, 0.15) is 25.6 Å². The van der Waals surface area contributed by atoms with Gasteiger partial charge in [0.1, 0.15) is 5.82 Å². The summed E-state index contributed by atoms with van der Waals surface area (Å²) < 4.78 is 8.74. The molecule has 104 valence electrons. The first-order chi connectivity index (χ1) is 9.26. The van der Waals surface area contributed by atoms with Crippen LogP contribution >= 0.6 is 27.5 Å². The molecule has 0 bridgehead atoms. The van der Waals surface area contributed by atoms with E-state index in [-0.39, 0.29) is 0 Å². The Labute approximate surface area is 127 Å². The molecule has 1 aromatic carbocycles. The highest BCUT2D eigenvalue weighted by atomic mass is 79.9. The molecule has 2 aromatic rings. The van der Waals surface area contributed by atoms with E-state index in [1.807, 2.05) is 12.1 Å². The molecule has 3 nitrogen and oxygen atoms in total. The number of fused-ring (bicyclic) bond motifs is 1. The van der Waals surface area contributed by atoms with E-state index >= 15 is 0 Å². The summed E-state index contributed by atoms with van der Waals surface area (Å²) >= 11 is 9.45.